The maximum absolute atomic E-state index is 9.75. The van der Waals surface area contributed by atoms with E-state index in [-0.39, 0.29) is 27.3 Å². The Bertz CT molecular complexity index is 23.0. The number of rotatable bonds is 0. The normalized spacial score (nSPS) is 10.0. The second kappa shape index (κ2) is 2.81. The second-order valence-corrected chi connectivity index (χ2v) is 0.495. The van der Waals surface area contributed by atoms with Crippen molar-refractivity contribution in [1.82, 2.24) is 0 Å². The molecule has 0 amide bonds. The third kappa shape index (κ3) is 129. The minimum absolute atomic E-state index is 0. The molecule has 0 aliphatic carbocycles. The van der Waals surface area contributed by atoms with Crippen molar-refractivity contribution in [3.05, 3.63) is 0 Å². The first kappa shape index (κ1) is 9.86. The Kier molecular flexibility index (Phi) is 4.62. The summed E-state index contributed by atoms with van der Waals surface area (Å²) in [6, 6.07) is 0. The first-order valence-corrected chi connectivity index (χ1v) is 0.873. The first-order valence-electron chi connectivity index (χ1n) is 0.873. The summed E-state index contributed by atoms with van der Waals surface area (Å²) < 4.78 is 39.0. The average Bonchev–Trinajstić information content (AvgIpc) is 0.722. The topological polar surface area (TPSA) is 0 Å². The number of hydrogen-bond donors (Lipinski definition) is 0. The molecule has 0 unspecified atom stereocenters. The van der Waals surface area contributed by atoms with Crippen molar-refractivity contribution in [1.29, 1.82) is 0 Å². The molecule has 0 rings (SSSR count). The molecule has 0 aromatic rings. The van der Waals surface area contributed by atoms with E-state index >= 15 is 0 Å². The van der Waals surface area contributed by atoms with Gasteiger partial charge in [-0.25, -0.2) is 0 Å². The minimum atomic E-state index is -6.00. The molecular formula is H2BF4Pb-. The molecule has 0 saturated carbocycles. The molecule has 0 N–H and O–H groups in total. The van der Waals surface area contributed by atoms with Crippen molar-refractivity contribution in [2.24, 2.45) is 0 Å². The van der Waals surface area contributed by atoms with E-state index in [1.165, 1.54) is 0 Å². The summed E-state index contributed by atoms with van der Waals surface area (Å²) in [5, 5.41) is 0. The standard InChI is InChI=1S/BF4.Pb.2H/c2-1(3,4)5;;;/q-1;;;. The van der Waals surface area contributed by atoms with Crippen molar-refractivity contribution in [2.75, 3.05) is 0 Å². The van der Waals surface area contributed by atoms with Gasteiger partial charge >= 0.3 is 34.6 Å². The van der Waals surface area contributed by atoms with Gasteiger partial charge in [0.05, 0.1) is 0 Å². The Morgan fingerprint density at radius 2 is 0.833 bits per heavy atom. The third-order valence-electron chi connectivity index (χ3n) is 0. The molecule has 38 valence electrons. The van der Waals surface area contributed by atoms with Crippen LogP contribution in [0, 0.1) is 0 Å². The fourth-order valence-corrected chi connectivity index (χ4v) is 0. The molecule has 0 atom stereocenters. The summed E-state index contributed by atoms with van der Waals surface area (Å²) in [6.07, 6.45) is 0. The summed E-state index contributed by atoms with van der Waals surface area (Å²) in [5.41, 5.74) is 0. The molecular weight excluding hydrogens is 294 g/mol. The van der Waals surface area contributed by atoms with Crippen LogP contribution in [0.3, 0.4) is 0 Å². The van der Waals surface area contributed by atoms with Crippen LogP contribution in [0.25, 0.3) is 0 Å². The van der Waals surface area contributed by atoms with Crippen LogP contribution in [0.4, 0.5) is 17.3 Å². The Morgan fingerprint density at radius 1 is 0.833 bits per heavy atom. The summed E-state index contributed by atoms with van der Waals surface area (Å²) in [5.74, 6) is 0. The van der Waals surface area contributed by atoms with Gasteiger partial charge in [0.2, 0.25) is 0 Å². The molecule has 0 aliphatic rings. The van der Waals surface area contributed by atoms with Gasteiger partial charge in [-0.15, -0.1) is 0 Å². The Labute approximate surface area is 52.2 Å². The molecule has 0 fully saturated rings. The zero-order valence-corrected chi connectivity index (χ0v) is 8.29. The van der Waals surface area contributed by atoms with Gasteiger partial charge in [0, 0.05) is 0 Å². The quantitative estimate of drug-likeness (QED) is 0.448. The van der Waals surface area contributed by atoms with Gasteiger partial charge < -0.3 is 17.3 Å². The van der Waals surface area contributed by atoms with Crippen LogP contribution < -0.4 is 0 Å². The van der Waals surface area contributed by atoms with Crippen LogP contribution in [0.15, 0.2) is 0 Å². The molecule has 0 heterocycles. The van der Waals surface area contributed by atoms with Gasteiger partial charge in [-0.3, -0.25) is 0 Å². The van der Waals surface area contributed by atoms with Crippen LogP contribution in [-0.4, -0.2) is 34.6 Å². The van der Waals surface area contributed by atoms with Crippen molar-refractivity contribution in [2.45, 2.75) is 0 Å². The summed E-state index contributed by atoms with van der Waals surface area (Å²) >= 11 is 0. The Morgan fingerprint density at radius 3 is 0.833 bits per heavy atom. The van der Waals surface area contributed by atoms with Gasteiger partial charge in [-0.05, 0) is 0 Å². The van der Waals surface area contributed by atoms with Crippen molar-refractivity contribution >= 4 is 34.6 Å². The van der Waals surface area contributed by atoms with Gasteiger partial charge in [0.15, 0.2) is 0 Å². The van der Waals surface area contributed by atoms with Crippen molar-refractivity contribution in [3.63, 3.8) is 0 Å². The van der Waals surface area contributed by atoms with Crippen LogP contribution in [0.5, 0.6) is 0 Å². The van der Waals surface area contributed by atoms with E-state index in [4.69, 9.17) is 0 Å². The van der Waals surface area contributed by atoms with E-state index in [0.717, 1.165) is 0 Å². The fraction of sp³-hybridized carbons (Fsp3) is 0. The molecule has 0 aromatic heterocycles. The van der Waals surface area contributed by atoms with Gasteiger partial charge in [-0.2, -0.15) is 0 Å². The average molecular weight is 296 g/mol. The third-order valence-corrected chi connectivity index (χ3v) is 0. The van der Waals surface area contributed by atoms with E-state index in [0.29, 0.717) is 0 Å². The monoisotopic (exact) mass is 297 g/mol. The predicted molar refractivity (Wildman–Crippen MR) is 18.7 cm³/mol. The summed E-state index contributed by atoms with van der Waals surface area (Å²) in [6.45, 7) is 0. The summed E-state index contributed by atoms with van der Waals surface area (Å²) in [7, 11) is -6.00. The molecule has 0 bridgehead atoms. The molecule has 0 nitrogen and oxygen atoms in total. The van der Waals surface area contributed by atoms with E-state index in [9.17, 15) is 17.3 Å². The van der Waals surface area contributed by atoms with Crippen molar-refractivity contribution in [3.8, 4) is 0 Å². The van der Waals surface area contributed by atoms with Crippen LogP contribution in [0.2, 0.25) is 0 Å². The Hall–Kier alpha value is 0.707. The zero-order valence-electron chi connectivity index (χ0n) is 2.80. The van der Waals surface area contributed by atoms with E-state index < -0.39 is 7.25 Å². The van der Waals surface area contributed by atoms with Crippen LogP contribution >= 0.6 is 0 Å². The van der Waals surface area contributed by atoms with E-state index in [2.05, 4.69) is 0 Å². The predicted octanol–water partition coefficient (Wildman–Crippen LogP) is 0.384. The molecule has 0 saturated heterocycles. The molecule has 0 aromatic carbocycles. The van der Waals surface area contributed by atoms with Crippen LogP contribution in [0.1, 0.15) is 0 Å². The Balaban J connectivity index is 0. The van der Waals surface area contributed by atoms with Crippen molar-refractivity contribution < 1.29 is 17.3 Å². The van der Waals surface area contributed by atoms with Gasteiger partial charge in [0.25, 0.3) is 0 Å². The molecule has 6 heavy (non-hydrogen) atoms. The second-order valence-electron chi connectivity index (χ2n) is 0.495. The fourth-order valence-electron chi connectivity index (χ4n) is 0. The molecule has 6 heteroatoms. The van der Waals surface area contributed by atoms with Crippen LogP contribution in [-0.2, 0) is 0 Å². The summed E-state index contributed by atoms with van der Waals surface area (Å²) in [4.78, 5) is 0. The maximum atomic E-state index is 9.75. The number of hydrogen-bond acceptors (Lipinski definition) is 0. The molecule has 0 spiro atoms. The molecule has 0 aliphatic heterocycles. The van der Waals surface area contributed by atoms with Gasteiger partial charge in [-0.1, -0.05) is 0 Å². The van der Waals surface area contributed by atoms with E-state index in [1.807, 2.05) is 0 Å². The number of halogens is 4. The first-order chi connectivity index (χ1) is 2.00. The molecule has 2 radical (unpaired) electrons. The SMILES string of the molecule is F[B-](F)(F)F.[PbH2]. The van der Waals surface area contributed by atoms with E-state index in [1.54, 1.807) is 0 Å². The van der Waals surface area contributed by atoms with Gasteiger partial charge in [0.1, 0.15) is 0 Å². The zero-order chi connectivity index (χ0) is 4.50.